The van der Waals surface area contributed by atoms with Gasteiger partial charge in [-0.3, -0.25) is 14.6 Å². The number of aliphatic carboxylic acids is 1. The number of likely N-dealkylation sites (tertiary alicyclic amines) is 1. The molecule has 0 bridgehead atoms. The second-order valence-corrected chi connectivity index (χ2v) is 5.28. The largest absolute Gasteiger partial charge is 0.481 e. The van der Waals surface area contributed by atoms with Crippen LogP contribution in [0.1, 0.15) is 12.8 Å². The predicted molar refractivity (Wildman–Crippen MR) is 65.5 cm³/mol. The first kappa shape index (κ1) is 13.7. The predicted octanol–water partition coefficient (Wildman–Crippen LogP) is -0.770. The summed E-state index contributed by atoms with van der Waals surface area (Å²) in [6.07, 6.45) is 0.406. The summed E-state index contributed by atoms with van der Waals surface area (Å²) < 4.78 is 5.29. The van der Waals surface area contributed by atoms with Crippen LogP contribution in [0.15, 0.2) is 0 Å². The summed E-state index contributed by atoms with van der Waals surface area (Å²) in [6.45, 7) is 6.64. The molecule has 2 heterocycles. The standard InChI is InChI=1S/C12H22N2O4/c15-11(16)9-12(17)1-2-14(10-12)4-3-13-5-7-18-8-6-13/h17H,1-10H2,(H,15,16). The van der Waals surface area contributed by atoms with Crippen LogP contribution in [0.3, 0.4) is 0 Å². The van der Waals surface area contributed by atoms with Crippen molar-refractivity contribution in [1.82, 2.24) is 9.80 Å². The topological polar surface area (TPSA) is 73.2 Å². The summed E-state index contributed by atoms with van der Waals surface area (Å²) in [7, 11) is 0. The first-order valence-electron chi connectivity index (χ1n) is 6.54. The second-order valence-electron chi connectivity index (χ2n) is 5.28. The normalized spacial score (nSPS) is 30.7. The molecule has 0 aromatic rings. The molecular formula is C12H22N2O4. The van der Waals surface area contributed by atoms with Crippen molar-refractivity contribution in [3.63, 3.8) is 0 Å². The average molecular weight is 258 g/mol. The first-order valence-corrected chi connectivity index (χ1v) is 6.54. The van der Waals surface area contributed by atoms with Crippen LogP contribution >= 0.6 is 0 Å². The van der Waals surface area contributed by atoms with Crippen LogP contribution in [0.25, 0.3) is 0 Å². The Hall–Kier alpha value is -0.690. The molecule has 1 atom stereocenters. The minimum atomic E-state index is -1.03. The Morgan fingerprint density at radius 1 is 1.17 bits per heavy atom. The van der Waals surface area contributed by atoms with Crippen molar-refractivity contribution in [3.05, 3.63) is 0 Å². The third-order valence-electron chi connectivity index (χ3n) is 3.73. The molecular weight excluding hydrogens is 236 g/mol. The van der Waals surface area contributed by atoms with Gasteiger partial charge >= 0.3 is 5.97 Å². The summed E-state index contributed by atoms with van der Waals surface area (Å²) in [4.78, 5) is 15.2. The van der Waals surface area contributed by atoms with Crippen LogP contribution in [0.5, 0.6) is 0 Å². The van der Waals surface area contributed by atoms with Gasteiger partial charge in [-0.15, -0.1) is 0 Å². The van der Waals surface area contributed by atoms with Crippen LogP contribution in [0, 0.1) is 0 Å². The lowest BCUT2D eigenvalue weighted by Crippen LogP contribution is -2.42. The minimum absolute atomic E-state index is 0.152. The minimum Gasteiger partial charge on any atom is -0.481 e. The van der Waals surface area contributed by atoms with E-state index in [9.17, 15) is 9.90 Å². The van der Waals surface area contributed by atoms with Gasteiger partial charge < -0.3 is 14.9 Å². The fourth-order valence-corrected chi connectivity index (χ4v) is 2.66. The lowest BCUT2D eigenvalue weighted by Gasteiger charge is -2.29. The number of hydrogen-bond acceptors (Lipinski definition) is 5. The number of nitrogens with zero attached hydrogens (tertiary/aromatic N) is 2. The van der Waals surface area contributed by atoms with Crippen molar-refractivity contribution in [2.24, 2.45) is 0 Å². The molecule has 2 rings (SSSR count). The summed E-state index contributed by atoms with van der Waals surface area (Å²) >= 11 is 0. The average Bonchev–Trinajstić information content (AvgIpc) is 2.68. The van der Waals surface area contributed by atoms with E-state index in [0.29, 0.717) is 13.0 Å². The quantitative estimate of drug-likeness (QED) is 0.674. The van der Waals surface area contributed by atoms with Crippen LogP contribution in [-0.4, -0.2) is 84.1 Å². The Labute approximate surface area is 107 Å². The van der Waals surface area contributed by atoms with Crippen LogP contribution in [0.2, 0.25) is 0 Å². The highest BCUT2D eigenvalue weighted by molar-refractivity contribution is 5.68. The van der Waals surface area contributed by atoms with Crippen molar-refractivity contribution < 1.29 is 19.7 Å². The van der Waals surface area contributed by atoms with Crippen molar-refractivity contribution in [3.8, 4) is 0 Å². The van der Waals surface area contributed by atoms with Gasteiger partial charge in [0.25, 0.3) is 0 Å². The zero-order valence-electron chi connectivity index (χ0n) is 10.7. The van der Waals surface area contributed by atoms with Gasteiger partial charge in [-0.25, -0.2) is 0 Å². The van der Waals surface area contributed by atoms with Crippen LogP contribution in [-0.2, 0) is 9.53 Å². The maximum absolute atomic E-state index is 10.7. The molecule has 1 unspecified atom stereocenters. The Bertz CT molecular complexity index is 294. The molecule has 6 nitrogen and oxygen atoms in total. The molecule has 0 aromatic heterocycles. The number of β-amino-alcohol motifs (C(OH)–C–C–N with tert-alkyl or cyclic N) is 1. The number of carboxylic acid groups (broad SMARTS) is 1. The Kier molecular flexibility index (Phi) is 4.55. The number of aliphatic hydroxyl groups is 1. The highest BCUT2D eigenvalue weighted by atomic mass is 16.5. The van der Waals surface area contributed by atoms with E-state index in [1.165, 1.54) is 0 Å². The molecule has 6 heteroatoms. The third kappa shape index (κ3) is 3.91. The van der Waals surface area contributed by atoms with E-state index in [1.54, 1.807) is 0 Å². The number of morpholine rings is 1. The fourth-order valence-electron chi connectivity index (χ4n) is 2.66. The molecule has 104 valence electrons. The van der Waals surface area contributed by atoms with E-state index in [0.717, 1.165) is 45.9 Å². The van der Waals surface area contributed by atoms with Gasteiger partial charge in [0, 0.05) is 39.3 Å². The summed E-state index contributed by atoms with van der Waals surface area (Å²) in [5.41, 5.74) is -1.03. The smallest absolute Gasteiger partial charge is 0.306 e. The van der Waals surface area contributed by atoms with E-state index in [4.69, 9.17) is 9.84 Å². The van der Waals surface area contributed by atoms with Crippen molar-refractivity contribution in [1.29, 1.82) is 0 Å². The van der Waals surface area contributed by atoms with Gasteiger partial charge in [-0.1, -0.05) is 0 Å². The van der Waals surface area contributed by atoms with Gasteiger partial charge in [-0.05, 0) is 6.42 Å². The fraction of sp³-hybridized carbons (Fsp3) is 0.917. The SMILES string of the molecule is O=C(O)CC1(O)CCN(CCN2CCOCC2)C1. The third-order valence-corrected chi connectivity index (χ3v) is 3.73. The number of rotatable bonds is 5. The van der Waals surface area contributed by atoms with Gasteiger partial charge in [0.15, 0.2) is 0 Å². The number of carboxylic acids is 1. The Morgan fingerprint density at radius 3 is 2.50 bits per heavy atom. The number of hydrogen-bond donors (Lipinski definition) is 2. The van der Waals surface area contributed by atoms with Crippen molar-refractivity contribution in [2.45, 2.75) is 18.4 Å². The lowest BCUT2D eigenvalue weighted by molar-refractivity contribution is -0.142. The van der Waals surface area contributed by atoms with E-state index >= 15 is 0 Å². The molecule has 18 heavy (non-hydrogen) atoms. The summed E-state index contributed by atoms with van der Waals surface area (Å²) in [5, 5.41) is 18.9. The molecule has 0 spiro atoms. The summed E-state index contributed by atoms with van der Waals surface area (Å²) in [5.74, 6) is -0.924. The molecule has 0 radical (unpaired) electrons. The second kappa shape index (κ2) is 5.97. The molecule has 2 N–H and O–H groups in total. The number of carbonyl (C=O) groups is 1. The molecule has 2 saturated heterocycles. The van der Waals surface area contributed by atoms with Crippen molar-refractivity contribution >= 4 is 5.97 Å². The molecule has 0 saturated carbocycles. The highest BCUT2D eigenvalue weighted by Gasteiger charge is 2.37. The molecule has 2 aliphatic heterocycles. The zero-order chi connectivity index (χ0) is 13.0. The van der Waals surface area contributed by atoms with E-state index in [2.05, 4.69) is 9.80 Å². The van der Waals surface area contributed by atoms with Crippen molar-refractivity contribution in [2.75, 3.05) is 52.5 Å². The summed E-state index contributed by atoms with van der Waals surface area (Å²) in [6, 6.07) is 0. The molecule has 0 aromatic carbocycles. The molecule has 0 amide bonds. The monoisotopic (exact) mass is 258 g/mol. The molecule has 0 aliphatic carbocycles. The van der Waals surface area contributed by atoms with E-state index in [1.807, 2.05) is 0 Å². The zero-order valence-corrected chi connectivity index (χ0v) is 10.7. The molecule has 2 aliphatic rings. The Morgan fingerprint density at radius 2 is 1.83 bits per heavy atom. The van der Waals surface area contributed by atoms with Gasteiger partial charge in [0.1, 0.15) is 0 Å². The first-order chi connectivity index (χ1) is 8.57. The Balaban J connectivity index is 1.70. The highest BCUT2D eigenvalue weighted by Crippen LogP contribution is 2.24. The van der Waals surface area contributed by atoms with Gasteiger partial charge in [0.2, 0.25) is 0 Å². The van der Waals surface area contributed by atoms with Gasteiger partial charge in [-0.2, -0.15) is 0 Å². The maximum atomic E-state index is 10.7. The van der Waals surface area contributed by atoms with E-state index < -0.39 is 11.6 Å². The van der Waals surface area contributed by atoms with Crippen LogP contribution in [0.4, 0.5) is 0 Å². The van der Waals surface area contributed by atoms with Crippen LogP contribution < -0.4 is 0 Å². The lowest BCUT2D eigenvalue weighted by atomic mass is 9.99. The maximum Gasteiger partial charge on any atom is 0.306 e. The van der Waals surface area contributed by atoms with E-state index in [-0.39, 0.29) is 6.42 Å². The molecule has 2 fully saturated rings. The van der Waals surface area contributed by atoms with Gasteiger partial charge in [0.05, 0.1) is 25.2 Å². The number of ether oxygens (including phenoxy) is 1.